The molecule has 1 aliphatic heterocycles. The van der Waals surface area contributed by atoms with Crippen molar-refractivity contribution in [3.05, 3.63) is 26.7 Å². The number of rotatable bonds is 7. The molecular weight excluding hydrogens is 406 g/mol. The fraction of sp³-hybridized carbons (Fsp3) is 0.792. The topological polar surface area (TPSA) is 85.2 Å². The van der Waals surface area contributed by atoms with E-state index in [2.05, 4.69) is 9.88 Å². The number of H-pyrrole nitrogens is 1. The minimum Gasteiger partial charge on any atom is -0.379 e. The van der Waals surface area contributed by atoms with E-state index in [1.807, 2.05) is 6.92 Å². The number of nitrogens with zero attached hydrogens (tertiary/aromatic N) is 4. The Kier molecular flexibility index (Phi) is 5.25. The quantitative estimate of drug-likeness (QED) is 0.712. The third-order valence-electron chi connectivity index (χ3n) is 8.66. The number of aromatic amines is 1. The van der Waals surface area contributed by atoms with Crippen LogP contribution in [0.4, 0.5) is 0 Å². The minimum atomic E-state index is -0.210. The molecule has 8 nitrogen and oxygen atoms in total. The molecule has 3 heterocycles. The van der Waals surface area contributed by atoms with Crippen LogP contribution < -0.4 is 11.2 Å². The van der Waals surface area contributed by atoms with Crippen LogP contribution in [0.25, 0.3) is 11.2 Å². The minimum absolute atomic E-state index is 0.206. The molecule has 0 spiro atoms. The van der Waals surface area contributed by atoms with Gasteiger partial charge in [0.25, 0.3) is 5.56 Å². The van der Waals surface area contributed by atoms with Gasteiger partial charge in [0.15, 0.2) is 5.65 Å². The molecule has 174 valence electrons. The molecule has 5 fully saturated rings. The Morgan fingerprint density at radius 1 is 1.00 bits per heavy atom. The summed E-state index contributed by atoms with van der Waals surface area (Å²) in [5.41, 5.74) is 0.680. The first-order valence-corrected chi connectivity index (χ1v) is 12.7. The van der Waals surface area contributed by atoms with Gasteiger partial charge in [0.1, 0.15) is 11.3 Å². The Labute approximate surface area is 188 Å². The highest BCUT2D eigenvalue weighted by Crippen LogP contribution is 2.63. The molecule has 5 unspecified atom stereocenters. The fourth-order valence-electron chi connectivity index (χ4n) is 7.40. The molecule has 4 aliphatic carbocycles. The van der Waals surface area contributed by atoms with E-state index in [-0.39, 0.29) is 11.2 Å². The smallest absolute Gasteiger partial charge is 0.332 e. The molecule has 7 rings (SSSR count). The molecule has 5 atom stereocenters. The number of hydrogen-bond acceptors (Lipinski definition) is 5. The zero-order chi connectivity index (χ0) is 21.8. The molecule has 0 radical (unpaired) electrons. The van der Waals surface area contributed by atoms with E-state index < -0.39 is 0 Å². The lowest BCUT2D eigenvalue weighted by atomic mass is 9.75. The first-order valence-electron chi connectivity index (χ1n) is 12.7. The highest BCUT2D eigenvalue weighted by atomic mass is 16.5. The Balaban J connectivity index is 1.35. The van der Waals surface area contributed by atoms with Gasteiger partial charge in [-0.1, -0.05) is 6.92 Å². The van der Waals surface area contributed by atoms with E-state index in [1.165, 1.54) is 30.3 Å². The van der Waals surface area contributed by atoms with Crippen molar-refractivity contribution in [1.82, 2.24) is 24.0 Å². The molecule has 8 heteroatoms. The van der Waals surface area contributed by atoms with E-state index in [0.29, 0.717) is 42.0 Å². The van der Waals surface area contributed by atoms with Gasteiger partial charge in [0, 0.05) is 38.6 Å². The maximum absolute atomic E-state index is 13.3. The highest BCUT2D eigenvalue weighted by Gasteiger charge is 2.55. The van der Waals surface area contributed by atoms with Gasteiger partial charge in [-0.2, -0.15) is 0 Å². The van der Waals surface area contributed by atoms with Gasteiger partial charge in [-0.25, -0.2) is 9.78 Å². The summed E-state index contributed by atoms with van der Waals surface area (Å²) >= 11 is 0. The van der Waals surface area contributed by atoms with Gasteiger partial charge in [-0.15, -0.1) is 0 Å². The number of aromatic nitrogens is 4. The van der Waals surface area contributed by atoms with E-state index >= 15 is 0 Å². The lowest BCUT2D eigenvalue weighted by Crippen LogP contribution is -2.41. The van der Waals surface area contributed by atoms with Crippen LogP contribution in [0.15, 0.2) is 9.59 Å². The van der Waals surface area contributed by atoms with Gasteiger partial charge in [-0.3, -0.25) is 18.8 Å². The maximum Gasteiger partial charge on any atom is 0.332 e. The Bertz CT molecular complexity index is 1110. The van der Waals surface area contributed by atoms with Crippen LogP contribution in [0.2, 0.25) is 0 Å². The molecule has 1 N–H and O–H groups in total. The maximum atomic E-state index is 13.3. The number of morpholine rings is 1. The molecule has 2 aromatic rings. The molecule has 0 aromatic carbocycles. The van der Waals surface area contributed by atoms with Gasteiger partial charge >= 0.3 is 5.69 Å². The normalized spacial score (nSPS) is 31.8. The SMILES string of the molecule is CCCn1c(=O)c2[nH]c(C3C4CC5CC(C4)C3C5)nc2n(CCCN2CCOCC2)c1=O. The second-order valence-corrected chi connectivity index (χ2v) is 10.5. The van der Waals surface area contributed by atoms with Crippen molar-refractivity contribution in [2.24, 2.45) is 23.7 Å². The first kappa shape index (κ1) is 20.7. The summed E-state index contributed by atoms with van der Waals surface area (Å²) in [7, 11) is 0. The van der Waals surface area contributed by atoms with Crippen molar-refractivity contribution in [3.63, 3.8) is 0 Å². The van der Waals surface area contributed by atoms with Crippen molar-refractivity contribution in [2.45, 2.75) is 64.5 Å². The van der Waals surface area contributed by atoms with Gasteiger partial charge in [-0.05, 0) is 62.2 Å². The standard InChI is InChI=1S/C24H35N5O3/c1-2-4-29-23(30)20-22(28(24(29)31)6-3-5-27-7-9-32-10-8-27)26-21(25-20)19-17-12-15-11-16(14-17)18(19)13-15/h15-19H,2-14H2,1H3,(H,25,26). The summed E-state index contributed by atoms with van der Waals surface area (Å²) in [6, 6.07) is 0. The van der Waals surface area contributed by atoms with Crippen molar-refractivity contribution in [1.29, 1.82) is 0 Å². The highest BCUT2D eigenvalue weighted by molar-refractivity contribution is 5.70. The van der Waals surface area contributed by atoms with E-state index in [4.69, 9.17) is 9.72 Å². The number of fused-ring (bicyclic) bond motifs is 1. The Hall–Kier alpha value is -1.93. The summed E-state index contributed by atoms with van der Waals surface area (Å²) in [6.07, 6.45) is 6.93. The van der Waals surface area contributed by atoms with E-state index in [0.717, 1.165) is 63.3 Å². The zero-order valence-electron chi connectivity index (χ0n) is 19.1. The number of imidazole rings is 1. The zero-order valence-corrected chi connectivity index (χ0v) is 19.1. The first-order chi connectivity index (χ1) is 15.6. The molecule has 32 heavy (non-hydrogen) atoms. The Morgan fingerprint density at radius 3 is 2.59 bits per heavy atom. The largest absolute Gasteiger partial charge is 0.379 e. The van der Waals surface area contributed by atoms with Crippen molar-refractivity contribution >= 4 is 11.2 Å². The van der Waals surface area contributed by atoms with Crippen molar-refractivity contribution in [2.75, 3.05) is 32.8 Å². The van der Waals surface area contributed by atoms with Crippen molar-refractivity contribution in [3.8, 4) is 0 Å². The third-order valence-corrected chi connectivity index (χ3v) is 8.66. The van der Waals surface area contributed by atoms with Crippen LogP contribution in [0.3, 0.4) is 0 Å². The number of aryl methyl sites for hydroxylation is 1. The van der Waals surface area contributed by atoms with E-state index in [9.17, 15) is 9.59 Å². The summed E-state index contributed by atoms with van der Waals surface area (Å²) < 4.78 is 8.61. The lowest BCUT2D eigenvalue weighted by molar-refractivity contribution is 0.0369. The van der Waals surface area contributed by atoms with Crippen LogP contribution in [-0.4, -0.2) is 56.9 Å². The Morgan fingerprint density at radius 2 is 1.81 bits per heavy atom. The molecule has 4 bridgehead atoms. The van der Waals surface area contributed by atoms with Crippen LogP contribution >= 0.6 is 0 Å². The average Bonchev–Trinajstić information content (AvgIpc) is 3.42. The second-order valence-electron chi connectivity index (χ2n) is 10.5. The molecule has 0 amide bonds. The van der Waals surface area contributed by atoms with Gasteiger partial charge < -0.3 is 9.72 Å². The van der Waals surface area contributed by atoms with Gasteiger partial charge in [0.05, 0.1) is 13.2 Å². The molecule has 5 aliphatic rings. The predicted molar refractivity (Wildman–Crippen MR) is 122 cm³/mol. The van der Waals surface area contributed by atoms with Crippen LogP contribution in [0, 0.1) is 23.7 Å². The lowest BCUT2D eigenvalue weighted by Gasteiger charge is -2.30. The third kappa shape index (κ3) is 3.29. The number of nitrogens with one attached hydrogen (secondary N) is 1. The van der Waals surface area contributed by atoms with E-state index in [1.54, 1.807) is 4.57 Å². The summed E-state index contributed by atoms with van der Waals surface area (Å²) in [5.74, 6) is 4.54. The fourth-order valence-corrected chi connectivity index (χ4v) is 7.40. The summed E-state index contributed by atoms with van der Waals surface area (Å²) in [5, 5.41) is 0. The van der Waals surface area contributed by atoms with Crippen molar-refractivity contribution < 1.29 is 4.74 Å². The van der Waals surface area contributed by atoms with Crippen LogP contribution in [0.1, 0.15) is 57.2 Å². The molecule has 1 saturated heterocycles. The molecular formula is C24H35N5O3. The summed E-state index contributed by atoms with van der Waals surface area (Å²) in [4.78, 5) is 37.3. The van der Waals surface area contributed by atoms with Crippen LogP contribution in [-0.2, 0) is 17.8 Å². The predicted octanol–water partition coefficient (Wildman–Crippen LogP) is 2.17. The summed E-state index contributed by atoms with van der Waals surface area (Å²) in [6.45, 7) is 7.41. The number of hydrogen-bond donors (Lipinski definition) is 1. The molecule has 2 aromatic heterocycles. The molecule has 4 saturated carbocycles. The van der Waals surface area contributed by atoms with Gasteiger partial charge in [0.2, 0.25) is 0 Å². The monoisotopic (exact) mass is 441 g/mol. The second kappa shape index (κ2) is 8.13. The van der Waals surface area contributed by atoms with Crippen LogP contribution in [0.5, 0.6) is 0 Å². The number of ether oxygens (including phenoxy) is 1. The average molecular weight is 442 g/mol.